The number of aromatic nitrogens is 5. The van der Waals surface area contributed by atoms with Crippen molar-refractivity contribution in [2.24, 2.45) is 0 Å². The molecule has 0 atom stereocenters. The van der Waals surface area contributed by atoms with E-state index in [1.54, 1.807) is 0 Å². The van der Waals surface area contributed by atoms with Gasteiger partial charge in [0.05, 0.1) is 61.6 Å². The Labute approximate surface area is 474 Å². The molecular weight excluding hydrogens is 995 g/mol. The molecule has 0 N–H and O–H groups in total. The molecule has 0 aliphatic carbocycles. The monoisotopic (exact) mass is 1050 g/mol. The highest BCUT2D eigenvalue weighted by molar-refractivity contribution is 6.14. The fourth-order valence-corrected chi connectivity index (χ4v) is 12.9. The Kier molecular flexibility index (Phi) is 11.0. The zero-order valence-corrected chi connectivity index (χ0v) is 44.9. The van der Waals surface area contributed by atoms with Crippen LogP contribution in [0, 0.1) is 6.92 Å². The normalized spacial score (nSPS) is 11.7. The molecule has 0 aliphatic heterocycles. The van der Waals surface area contributed by atoms with E-state index < -0.39 is 0 Å². The van der Waals surface area contributed by atoms with Gasteiger partial charge in [0.1, 0.15) is 0 Å². The number of rotatable bonds is 9. The third kappa shape index (κ3) is 7.55. The molecular formula is C77H51N5. The van der Waals surface area contributed by atoms with Gasteiger partial charge in [-0.05, 0) is 96.4 Å². The van der Waals surface area contributed by atoms with Crippen LogP contribution in [0.1, 0.15) is 5.56 Å². The molecule has 0 spiro atoms. The lowest BCUT2D eigenvalue weighted by Crippen LogP contribution is -2.06. The van der Waals surface area contributed by atoms with Crippen LogP contribution < -0.4 is 0 Å². The van der Waals surface area contributed by atoms with Crippen molar-refractivity contribution in [1.29, 1.82) is 0 Å². The van der Waals surface area contributed by atoms with Crippen LogP contribution in [-0.2, 0) is 0 Å². The van der Waals surface area contributed by atoms with Crippen LogP contribution in [0.3, 0.4) is 0 Å². The number of nitrogens with zero attached hydrogens (tertiary/aromatic N) is 5. The molecule has 0 aliphatic rings. The summed E-state index contributed by atoms with van der Waals surface area (Å²) in [5.74, 6) is 0.660. The summed E-state index contributed by atoms with van der Waals surface area (Å²) in [5, 5.41) is 7.18. The third-order valence-corrected chi connectivity index (χ3v) is 16.6. The molecule has 384 valence electrons. The summed E-state index contributed by atoms with van der Waals surface area (Å²) in [4.78, 5) is 10.9. The lowest BCUT2D eigenvalue weighted by Gasteiger charge is -2.24. The fourth-order valence-electron chi connectivity index (χ4n) is 12.9. The Hall–Kier alpha value is -10.9. The van der Waals surface area contributed by atoms with Crippen molar-refractivity contribution < 1.29 is 0 Å². The Morgan fingerprint density at radius 2 is 0.622 bits per heavy atom. The van der Waals surface area contributed by atoms with Crippen LogP contribution in [0.5, 0.6) is 0 Å². The molecule has 0 amide bonds. The quantitative estimate of drug-likeness (QED) is 0.145. The van der Waals surface area contributed by atoms with E-state index in [0.717, 1.165) is 100 Å². The van der Waals surface area contributed by atoms with Crippen molar-refractivity contribution in [2.75, 3.05) is 0 Å². The van der Waals surface area contributed by atoms with E-state index in [-0.39, 0.29) is 0 Å². The highest BCUT2D eigenvalue weighted by Gasteiger charge is 2.27. The molecule has 0 bridgehead atoms. The van der Waals surface area contributed by atoms with Crippen molar-refractivity contribution in [3.05, 3.63) is 297 Å². The van der Waals surface area contributed by atoms with Crippen molar-refractivity contribution in [2.45, 2.75) is 6.92 Å². The molecule has 4 aromatic heterocycles. The van der Waals surface area contributed by atoms with Crippen LogP contribution in [0.15, 0.2) is 291 Å². The first kappa shape index (κ1) is 47.1. The van der Waals surface area contributed by atoms with Gasteiger partial charge in [-0.3, -0.25) is 0 Å². The molecule has 5 nitrogen and oxygen atoms in total. The van der Waals surface area contributed by atoms with Crippen LogP contribution in [0.2, 0.25) is 0 Å². The van der Waals surface area contributed by atoms with Gasteiger partial charge in [0.15, 0.2) is 5.82 Å². The zero-order valence-electron chi connectivity index (χ0n) is 44.9. The van der Waals surface area contributed by atoms with E-state index in [2.05, 4.69) is 306 Å². The van der Waals surface area contributed by atoms with Gasteiger partial charge in [-0.15, -0.1) is 0 Å². The van der Waals surface area contributed by atoms with Crippen molar-refractivity contribution in [1.82, 2.24) is 23.7 Å². The summed E-state index contributed by atoms with van der Waals surface area (Å²) in [6.45, 7) is 2.20. The lowest BCUT2D eigenvalue weighted by molar-refractivity contribution is 1.15. The second kappa shape index (κ2) is 19.2. The average Bonchev–Trinajstić information content (AvgIpc) is 3.77. The van der Waals surface area contributed by atoms with E-state index in [9.17, 15) is 0 Å². The minimum Gasteiger partial charge on any atom is -0.309 e. The molecule has 4 heterocycles. The highest BCUT2D eigenvalue weighted by Crippen LogP contribution is 2.49. The minimum absolute atomic E-state index is 0.660. The van der Waals surface area contributed by atoms with E-state index in [4.69, 9.17) is 9.97 Å². The van der Waals surface area contributed by atoms with Gasteiger partial charge in [-0.2, -0.15) is 0 Å². The maximum atomic E-state index is 5.59. The summed E-state index contributed by atoms with van der Waals surface area (Å²) in [6, 6.07) is 106. The Balaban J connectivity index is 1.09. The zero-order chi connectivity index (χ0) is 54.3. The minimum atomic E-state index is 0.660. The molecule has 0 fully saturated rings. The van der Waals surface area contributed by atoms with Crippen LogP contribution in [0.25, 0.3) is 150 Å². The largest absolute Gasteiger partial charge is 0.309 e. The third-order valence-electron chi connectivity index (χ3n) is 16.6. The average molecular weight is 1050 g/mol. The van der Waals surface area contributed by atoms with Crippen molar-refractivity contribution >= 4 is 65.4 Å². The molecule has 0 saturated heterocycles. The summed E-state index contributed by atoms with van der Waals surface area (Å²) in [5.41, 5.74) is 22.5. The van der Waals surface area contributed by atoms with Crippen molar-refractivity contribution in [3.8, 4) is 84.3 Å². The van der Waals surface area contributed by atoms with Crippen LogP contribution in [0.4, 0.5) is 0 Å². The molecule has 0 saturated carbocycles. The fraction of sp³-hybridized carbons (Fsp3) is 0.0130. The first-order valence-corrected chi connectivity index (χ1v) is 28.1. The molecule has 5 heteroatoms. The topological polar surface area (TPSA) is 40.6 Å². The van der Waals surface area contributed by atoms with E-state index in [1.165, 1.54) is 49.0 Å². The molecule has 12 aromatic carbocycles. The number of fused-ring (bicyclic) bond motifs is 9. The molecule has 16 rings (SSSR count). The van der Waals surface area contributed by atoms with E-state index >= 15 is 0 Å². The smallest absolute Gasteiger partial charge is 0.160 e. The van der Waals surface area contributed by atoms with Gasteiger partial charge in [0, 0.05) is 71.3 Å². The van der Waals surface area contributed by atoms with Gasteiger partial charge in [0.25, 0.3) is 0 Å². The summed E-state index contributed by atoms with van der Waals surface area (Å²) in [6.07, 6.45) is 0. The maximum Gasteiger partial charge on any atom is 0.160 e. The number of para-hydroxylation sites is 7. The lowest BCUT2D eigenvalue weighted by atomic mass is 9.90. The maximum absolute atomic E-state index is 5.59. The van der Waals surface area contributed by atoms with E-state index in [0.29, 0.717) is 5.82 Å². The molecule has 16 aromatic rings. The number of hydrogen-bond acceptors (Lipinski definition) is 2. The second-order valence-corrected chi connectivity index (χ2v) is 21.3. The standard InChI is InChI=1S/C77H51N5/c1-50-24-8-9-29-55(50)53-44-45-75-63(46-53)60-34-14-23-43-74(60)82(75)76-64(61-35-15-21-41-72(61)80-68-37-17-10-30-56(68)57-31-11-18-38-69(57)80)47-54(67-49-66(51-25-4-2-5-26-51)78-77(79-67)52-27-6-3-7-28-52)48-65(76)62-36-16-22-42-73(62)81-70-39-19-12-32-58(70)59-33-13-20-40-71(59)81/h2-49H,1H3. The summed E-state index contributed by atoms with van der Waals surface area (Å²) >= 11 is 0. The van der Waals surface area contributed by atoms with Gasteiger partial charge >= 0.3 is 0 Å². The first-order valence-electron chi connectivity index (χ1n) is 28.1. The Bertz CT molecular complexity index is 4830. The first-order chi connectivity index (χ1) is 40.6. The number of hydrogen-bond donors (Lipinski definition) is 0. The van der Waals surface area contributed by atoms with Gasteiger partial charge < -0.3 is 13.7 Å². The molecule has 0 unspecified atom stereocenters. The number of benzene rings is 12. The Morgan fingerprint density at radius 3 is 1.12 bits per heavy atom. The van der Waals surface area contributed by atoms with Gasteiger partial charge in [0.2, 0.25) is 0 Å². The highest BCUT2D eigenvalue weighted by atomic mass is 15.0. The number of aryl methyl sites for hydroxylation is 1. The summed E-state index contributed by atoms with van der Waals surface area (Å²) < 4.78 is 7.49. The van der Waals surface area contributed by atoms with E-state index in [1.807, 2.05) is 6.07 Å². The molecule has 82 heavy (non-hydrogen) atoms. The van der Waals surface area contributed by atoms with Crippen molar-refractivity contribution in [3.63, 3.8) is 0 Å². The van der Waals surface area contributed by atoms with Crippen LogP contribution in [-0.4, -0.2) is 23.7 Å². The van der Waals surface area contributed by atoms with Gasteiger partial charge in [-0.25, -0.2) is 9.97 Å². The predicted molar refractivity (Wildman–Crippen MR) is 342 cm³/mol. The Morgan fingerprint density at radius 1 is 0.244 bits per heavy atom. The summed E-state index contributed by atoms with van der Waals surface area (Å²) in [7, 11) is 0. The second-order valence-electron chi connectivity index (χ2n) is 21.3. The van der Waals surface area contributed by atoms with Crippen LogP contribution >= 0.6 is 0 Å². The molecule has 0 radical (unpaired) electrons. The SMILES string of the molecule is Cc1ccccc1-c1ccc2c(c1)c1ccccc1n2-c1c(-c2ccccc2-n2c3ccccc3c3ccccc32)cc(-c2cc(-c3ccccc3)nc(-c3ccccc3)n2)cc1-c1ccccc1-n1c2ccccc2c2ccccc21. The van der Waals surface area contributed by atoms with Gasteiger partial charge in [-0.1, -0.05) is 218 Å². The predicted octanol–water partition coefficient (Wildman–Crippen LogP) is 20.1.